The molecule has 3 rings (SSSR count). The number of alkyl halides is 1. The SMILES string of the molecule is CCN(CC)CCNC(=O)C1=C2CI=CC=C2NC2C=CI=CC12. The molecule has 0 aliphatic carbocycles. The number of hydrogen-bond acceptors (Lipinski definition) is 3. The van der Waals surface area contributed by atoms with Crippen LogP contribution in [-0.2, 0) is 4.79 Å². The summed E-state index contributed by atoms with van der Waals surface area (Å²) in [5.41, 5.74) is 3.50. The Kier molecular flexibility index (Phi) is 6.79. The van der Waals surface area contributed by atoms with E-state index in [1.54, 1.807) is 0 Å². The Hall–Kier alpha value is -0.350. The summed E-state index contributed by atoms with van der Waals surface area (Å²) in [5, 5.41) is 6.83. The Morgan fingerprint density at radius 3 is 3.04 bits per heavy atom. The number of nitrogens with zero attached hydrogens (tertiary/aromatic N) is 1. The highest BCUT2D eigenvalue weighted by molar-refractivity contribution is 14.2. The van der Waals surface area contributed by atoms with Crippen molar-refractivity contribution in [1.29, 1.82) is 0 Å². The Labute approximate surface area is 164 Å². The molecule has 4 nitrogen and oxygen atoms in total. The number of hydrogen-bond donors (Lipinski definition) is 2. The molecule has 0 aromatic heterocycles. The van der Waals surface area contributed by atoms with Crippen molar-refractivity contribution in [2.24, 2.45) is 5.92 Å². The molecule has 24 heavy (non-hydrogen) atoms. The van der Waals surface area contributed by atoms with E-state index in [9.17, 15) is 4.79 Å². The van der Waals surface area contributed by atoms with Gasteiger partial charge in [0.1, 0.15) is 0 Å². The molecule has 0 fully saturated rings. The molecule has 3 heterocycles. The maximum absolute atomic E-state index is 13.0. The van der Waals surface area contributed by atoms with Crippen LogP contribution < -0.4 is 10.6 Å². The van der Waals surface area contributed by atoms with Gasteiger partial charge in [0.15, 0.2) is 0 Å². The van der Waals surface area contributed by atoms with Crippen molar-refractivity contribution in [3.63, 3.8) is 0 Å². The van der Waals surface area contributed by atoms with E-state index < -0.39 is 0 Å². The summed E-state index contributed by atoms with van der Waals surface area (Å²) in [6, 6.07) is 0.252. The zero-order valence-electron chi connectivity index (χ0n) is 14.2. The fourth-order valence-corrected chi connectivity index (χ4v) is 7.52. The monoisotopic (exact) mass is 553 g/mol. The lowest BCUT2D eigenvalue weighted by molar-refractivity contribution is -0.118. The molecule has 2 unspecified atom stereocenters. The van der Waals surface area contributed by atoms with Crippen molar-refractivity contribution >= 4 is 55.4 Å². The topological polar surface area (TPSA) is 44.4 Å². The van der Waals surface area contributed by atoms with Gasteiger partial charge in [0.05, 0.1) is 6.04 Å². The van der Waals surface area contributed by atoms with E-state index in [1.807, 2.05) is 0 Å². The molecular weight excluding hydrogens is 528 g/mol. The summed E-state index contributed by atoms with van der Waals surface area (Å²) in [5.74, 6) is 0.409. The molecule has 0 saturated carbocycles. The molecule has 132 valence electrons. The fourth-order valence-electron chi connectivity index (χ4n) is 3.21. The molecule has 2 atom stereocenters. The second kappa shape index (κ2) is 8.84. The molecule has 0 aromatic rings. The van der Waals surface area contributed by atoms with Gasteiger partial charge in [-0.25, -0.2) is 0 Å². The minimum atomic E-state index is -0.0257. The molecule has 0 radical (unpaired) electrons. The molecule has 6 heteroatoms. The van der Waals surface area contributed by atoms with Crippen LogP contribution in [0.1, 0.15) is 13.8 Å². The molecular formula is C18H25I2N3O. The standard InChI is InChI=1S/C18H25I2N3O/c1-3-23(4-2)10-9-21-18(24)17-13-11-19-7-5-15(13)22-16-6-8-20-12-14(16)17/h5-8,11,13,15,22H,3-4,9-10,12H2,1-2H3,(H,21,24). The van der Waals surface area contributed by atoms with Crippen molar-refractivity contribution in [3.8, 4) is 0 Å². The zero-order valence-corrected chi connectivity index (χ0v) is 18.5. The van der Waals surface area contributed by atoms with Crippen LogP contribution >= 0.6 is 41.5 Å². The summed E-state index contributed by atoms with van der Waals surface area (Å²) in [6.07, 6.45) is 4.46. The minimum absolute atomic E-state index is 0.0257. The van der Waals surface area contributed by atoms with Crippen LogP contribution in [0, 0.1) is 5.92 Å². The Morgan fingerprint density at radius 2 is 2.25 bits per heavy atom. The van der Waals surface area contributed by atoms with Gasteiger partial charge in [-0.2, -0.15) is 0 Å². The number of nitrogens with one attached hydrogen (secondary N) is 2. The molecule has 3 aliphatic rings. The van der Waals surface area contributed by atoms with Crippen LogP contribution in [0.15, 0.2) is 33.1 Å². The number of allylic oxidation sites excluding steroid dienone is 2. The Morgan fingerprint density at radius 1 is 1.42 bits per heavy atom. The predicted molar refractivity (Wildman–Crippen MR) is 120 cm³/mol. The highest BCUT2D eigenvalue weighted by Crippen LogP contribution is 2.35. The summed E-state index contributed by atoms with van der Waals surface area (Å²) < 4.78 is 8.09. The molecule has 1 amide bonds. The first-order valence-electron chi connectivity index (χ1n) is 8.48. The summed E-state index contributed by atoms with van der Waals surface area (Å²) in [4.78, 5) is 15.3. The summed E-state index contributed by atoms with van der Waals surface area (Å²) in [6.45, 7) is 8.05. The third-order valence-electron chi connectivity index (χ3n) is 4.64. The molecule has 0 saturated heterocycles. The number of fused-ring (bicyclic) bond motifs is 2. The van der Waals surface area contributed by atoms with Crippen molar-refractivity contribution in [2.75, 3.05) is 30.6 Å². The van der Waals surface area contributed by atoms with E-state index in [-0.39, 0.29) is 59.3 Å². The summed E-state index contributed by atoms with van der Waals surface area (Å²) >= 11 is 0.0245. The number of carbonyl (C=O) groups excluding carboxylic acids is 1. The Bertz CT molecular complexity index is 645. The second-order valence-electron chi connectivity index (χ2n) is 5.94. The van der Waals surface area contributed by atoms with Crippen LogP contribution in [0.2, 0.25) is 0 Å². The lowest BCUT2D eigenvalue weighted by atomic mass is 9.84. The van der Waals surface area contributed by atoms with Gasteiger partial charge in [0.25, 0.3) is 0 Å². The van der Waals surface area contributed by atoms with Gasteiger partial charge < -0.3 is 15.5 Å². The van der Waals surface area contributed by atoms with Crippen LogP contribution in [-0.4, -0.2) is 55.5 Å². The fraction of sp³-hybridized carbons (Fsp3) is 0.500. The minimum Gasteiger partial charge on any atom is -0.378 e. The first kappa shape index (κ1) is 18.4. The van der Waals surface area contributed by atoms with Gasteiger partial charge in [0, 0.05) is 34.7 Å². The number of rotatable bonds is 6. The normalized spacial score (nSPS) is 25.0. The van der Waals surface area contributed by atoms with Crippen LogP contribution in [0.25, 0.3) is 0 Å². The molecule has 0 bridgehead atoms. The summed E-state index contributed by atoms with van der Waals surface area (Å²) in [7, 11) is 0. The van der Waals surface area contributed by atoms with E-state index in [0.717, 1.165) is 36.2 Å². The Balaban J connectivity index is 1.77. The second-order valence-corrected chi connectivity index (χ2v) is 10.5. The van der Waals surface area contributed by atoms with Gasteiger partial charge in [-0.1, -0.05) is 40.7 Å². The van der Waals surface area contributed by atoms with Crippen LogP contribution in [0.4, 0.5) is 0 Å². The first-order valence-corrected chi connectivity index (χ1v) is 13.7. The van der Waals surface area contributed by atoms with Crippen molar-refractivity contribution in [1.82, 2.24) is 15.5 Å². The third-order valence-corrected chi connectivity index (χ3v) is 8.73. The van der Waals surface area contributed by atoms with Crippen molar-refractivity contribution < 1.29 is 4.79 Å². The highest BCUT2D eigenvalue weighted by Gasteiger charge is 2.35. The van der Waals surface area contributed by atoms with Gasteiger partial charge in [0.2, 0.25) is 5.91 Å². The van der Waals surface area contributed by atoms with Crippen molar-refractivity contribution in [2.45, 2.75) is 19.9 Å². The molecule has 0 aromatic carbocycles. The quantitative estimate of drug-likeness (QED) is 0.393. The average Bonchev–Trinajstić information content (AvgIpc) is 2.63. The first-order chi connectivity index (χ1) is 11.7. The number of halogens is 2. The van der Waals surface area contributed by atoms with Crippen LogP contribution in [0.5, 0.6) is 0 Å². The maximum Gasteiger partial charge on any atom is 0.248 e. The molecule has 3 aliphatic heterocycles. The smallest absolute Gasteiger partial charge is 0.248 e. The largest absolute Gasteiger partial charge is 0.378 e. The molecule has 0 spiro atoms. The van der Waals surface area contributed by atoms with Gasteiger partial charge in [-0.05, 0) is 36.8 Å². The van der Waals surface area contributed by atoms with E-state index in [4.69, 9.17) is 0 Å². The zero-order chi connectivity index (χ0) is 16.9. The highest BCUT2D eigenvalue weighted by atomic mass is 127. The van der Waals surface area contributed by atoms with E-state index in [0.29, 0.717) is 0 Å². The van der Waals surface area contributed by atoms with Crippen LogP contribution in [0.3, 0.4) is 0 Å². The lowest BCUT2D eigenvalue weighted by Crippen LogP contribution is -2.47. The predicted octanol–water partition coefficient (Wildman–Crippen LogP) is 2.30. The number of carbonyl (C=O) groups is 1. The lowest BCUT2D eigenvalue weighted by Gasteiger charge is -2.36. The van der Waals surface area contributed by atoms with E-state index in [2.05, 4.69) is 53.6 Å². The van der Waals surface area contributed by atoms with Gasteiger partial charge >= 0.3 is 0 Å². The van der Waals surface area contributed by atoms with E-state index >= 15 is 0 Å². The third kappa shape index (κ3) is 4.07. The number of amides is 1. The van der Waals surface area contributed by atoms with Gasteiger partial charge in [-0.3, -0.25) is 4.79 Å². The maximum atomic E-state index is 13.0. The van der Waals surface area contributed by atoms with E-state index in [1.165, 1.54) is 11.3 Å². The molecule has 2 N–H and O–H groups in total. The van der Waals surface area contributed by atoms with Gasteiger partial charge in [-0.15, -0.1) is 20.7 Å². The van der Waals surface area contributed by atoms with Crippen molar-refractivity contribution in [3.05, 3.63) is 33.1 Å². The average molecular weight is 553 g/mol. The number of likely N-dealkylation sites (N-methyl/N-ethyl adjacent to an activating group) is 1.